The molecule has 0 spiro atoms. The number of carbonyl (C=O) groups is 1. The van der Waals surface area contributed by atoms with Crippen molar-refractivity contribution in [2.75, 3.05) is 0 Å². The summed E-state index contributed by atoms with van der Waals surface area (Å²) >= 11 is 5.69. The average molecular weight is 233 g/mol. The number of hydrogen-bond donors (Lipinski definition) is 1. The number of carboxylic acid groups (broad SMARTS) is 1. The van der Waals surface area contributed by atoms with Crippen molar-refractivity contribution < 1.29 is 14.3 Å². The second-order valence-electron chi connectivity index (χ2n) is 2.72. The van der Waals surface area contributed by atoms with Gasteiger partial charge in [-0.1, -0.05) is 11.6 Å². The number of halogens is 1. The molecule has 2 aromatic rings. The Morgan fingerprint density at radius 1 is 1.25 bits per heavy atom. The van der Waals surface area contributed by atoms with Gasteiger partial charge in [-0.3, -0.25) is 0 Å². The number of carboxylic acids is 1. The predicted octanol–water partition coefficient (Wildman–Crippen LogP) is 1.44. The van der Waals surface area contributed by atoms with Gasteiger partial charge >= 0.3 is 30.7 Å². The number of rotatable bonds is 2. The van der Waals surface area contributed by atoms with Crippen molar-refractivity contribution >= 4 is 36.4 Å². The molecule has 16 heavy (non-hydrogen) atoms. The predicted molar refractivity (Wildman–Crippen MR) is 58.9 cm³/mol. The average Bonchev–Trinajstić information content (AvgIpc) is 2.68. The molecule has 0 aliphatic carbocycles. The van der Waals surface area contributed by atoms with E-state index in [9.17, 15) is 4.79 Å². The van der Waals surface area contributed by atoms with Gasteiger partial charge in [-0.2, -0.15) is 0 Å². The molecular formula is C9H6ClLiN2O3. The van der Waals surface area contributed by atoms with E-state index in [1.807, 2.05) is 0 Å². The maximum absolute atomic E-state index is 10.5. The SMILES string of the molecule is O=C(O)c1nnc(-c2ccc(Cl)cc2)o1.[LiH]. The molecule has 1 heterocycles. The molecule has 1 N–H and O–H groups in total. The van der Waals surface area contributed by atoms with Crippen LogP contribution in [0, 0.1) is 0 Å². The molecule has 0 saturated heterocycles. The Kier molecular flexibility index (Phi) is 4.13. The van der Waals surface area contributed by atoms with Crippen molar-refractivity contribution in [3.63, 3.8) is 0 Å². The van der Waals surface area contributed by atoms with Crippen LogP contribution in [0.15, 0.2) is 28.7 Å². The summed E-state index contributed by atoms with van der Waals surface area (Å²) in [6, 6.07) is 6.64. The molecule has 7 heteroatoms. The van der Waals surface area contributed by atoms with Crippen LogP contribution in [0.5, 0.6) is 0 Å². The van der Waals surface area contributed by atoms with E-state index in [-0.39, 0.29) is 24.8 Å². The number of benzene rings is 1. The third-order valence-electron chi connectivity index (χ3n) is 1.70. The number of aromatic carboxylic acids is 1. The van der Waals surface area contributed by atoms with Crippen LogP contribution >= 0.6 is 11.6 Å². The van der Waals surface area contributed by atoms with E-state index in [0.29, 0.717) is 10.6 Å². The molecule has 0 saturated carbocycles. The Labute approximate surface area is 108 Å². The summed E-state index contributed by atoms with van der Waals surface area (Å²) in [4.78, 5) is 10.5. The number of hydrogen-bond acceptors (Lipinski definition) is 4. The fraction of sp³-hybridized carbons (Fsp3) is 0. The van der Waals surface area contributed by atoms with E-state index < -0.39 is 11.9 Å². The van der Waals surface area contributed by atoms with Crippen molar-refractivity contribution in [2.24, 2.45) is 0 Å². The van der Waals surface area contributed by atoms with Crippen molar-refractivity contribution in [1.82, 2.24) is 10.2 Å². The number of aromatic nitrogens is 2. The number of nitrogens with zero attached hydrogens (tertiary/aromatic N) is 2. The van der Waals surface area contributed by atoms with Crippen LogP contribution in [0.2, 0.25) is 5.02 Å². The van der Waals surface area contributed by atoms with Gasteiger partial charge in [0.05, 0.1) is 0 Å². The zero-order chi connectivity index (χ0) is 10.8. The molecule has 0 unspecified atom stereocenters. The first kappa shape index (κ1) is 12.8. The van der Waals surface area contributed by atoms with Gasteiger partial charge < -0.3 is 9.52 Å². The normalized spacial score (nSPS) is 9.56. The summed E-state index contributed by atoms with van der Waals surface area (Å²) in [5.74, 6) is -1.52. The van der Waals surface area contributed by atoms with E-state index >= 15 is 0 Å². The van der Waals surface area contributed by atoms with E-state index in [1.165, 1.54) is 0 Å². The van der Waals surface area contributed by atoms with E-state index in [1.54, 1.807) is 24.3 Å². The van der Waals surface area contributed by atoms with Crippen LogP contribution in [0.25, 0.3) is 11.5 Å². The molecule has 0 amide bonds. The Balaban J connectivity index is 0.00000128. The molecule has 0 aliphatic heterocycles. The summed E-state index contributed by atoms with van der Waals surface area (Å²) in [5, 5.41) is 16.1. The van der Waals surface area contributed by atoms with Crippen LogP contribution < -0.4 is 0 Å². The zero-order valence-electron chi connectivity index (χ0n) is 7.35. The first-order valence-electron chi connectivity index (χ1n) is 3.99. The van der Waals surface area contributed by atoms with Gasteiger partial charge in [0, 0.05) is 10.6 Å². The second kappa shape index (κ2) is 5.17. The molecule has 1 aromatic carbocycles. The monoisotopic (exact) mass is 232 g/mol. The first-order valence-corrected chi connectivity index (χ1v) is 4.37. The quantitative estimate of drug-likeness (QED) is 0.793. The third-order valence-corrected chi connectivity index (χ3v) is 1.95. The van der Waals surface area contributed by atoms with Crippen molar-refractivity contribution in [3.8, 4) is 11.5 Å². The zero-order valence-corrected chi connectivity index (χ0v) is 8.10. The molecular weight excluding hydrogens is 227 g/mol. The maximum atomic E-state index is 10.5. The first-order chi connectivity index (χ1) is 7.16. The Morgan fingerprint density at radius 2 is 1.88 bits per heavy atom. The Morgan fingerprint density at radius 3 is 2.38 bits per heavy atom. The topological polar surface area (TPSA) is 76.2 Å². The van der Waals surface area contributed by atoms with Crippen LogP contribution in [-0.4, -0.2) is 40.1 Å². The van der Waals surface area contributed by atoms with Gasteiger partial charge in [0.1, 0.15) is 0 Å². The van der Waals surface area contributed by atoms with Gasteiger partial charge in [0.15, 0.2) is 0 Å². The second-order valence-corrected chi connectivity index (χ2v) is 3.16. The summed E-state index contributed by atoms with van der Waals surface area (Å²) < 4.78 is 4.91. The Bertz CT molecular complexity index is 498. The van der Waals surface area contributed by atoms with Crippen LogP contribution in [0.3, 0.4) is 0 Å². The molecule has 5 nitrogen and oxygen atoms in total. The van der Waals surface area contributed by atoms with Gasteiger partial charge in [-0.15, -0.1) is 10.2 Å². The molecule has 0 aliphatic rings. The van der Waals surface area contributed by atoms with Gasteiger partial charge in [0.2, 0.25) is 5.89 Å². The molecule has 78 valence electrons. The molecule has 0 radical (unpaired) electrons. The molecule has 0 fully saturated rings. The molecule has 2 rings (SSSR count). The summed E-state index contributed by atoms with van der Waals surface area (Å²) in [7, 11) is 0. The van der Waals surface area contributed by atoms with Gasteiger partial charge in [-0.25, -0.2) is 4.79 Å². The third kappa shape index (κ3) is 2.64. The standard InChI is InChI=1S/C9H5ClN2O3.Li.H/c10-6-3-1-5(2-4-6)7-11-12-8(15-7)9(13)14;;/h1-4H,(H,13,14);;. The van der Waals surface area contributed by atoms with Crippen molar-refractivity contribution in [3.05, 3.63) is 35.2 Å². The molecule has 0 bridgehead atoms. The minimum atomic E-state index is -1.25. The van der Waals surface area contributed by atoms with Crippen LogP contribution in [0.4, 0.5) is 0 Å². The van der Waals surface area contributed by atoms with E-state index in [0.717, 1.165) is 0 Å². The van der Waals surface area contributed by atoms with E-state index in [4.69, 9.17) is 21.1 Å². The summed E-state index contributed by atoms with van der Waals surface area (Å²) in [6.07, 6.45) is 0. The minimum absolute atomic E-state index is 0. The summed E-state index contributed by atoms with van der Waals surface area (Å²) in [5.41, 5.74) is 0.624. The molecule has 1 aromatic heterocycles. The van der Waals surface area contributed by atoms with Crippen molar-refractivity contribution in [2.45, 2.75) is 0 Å². The van der Waals surface area contributed by atoms with Crippen LogP contribution in [-0.2, 0) is 0 Å². The van der Waals surface area contributed by atoms with Gasteiger partial charge in [0.25, 0.3) is 0 Å². The fourth-order valence-corrected chi connectivity index (χ4v) is 1.14. The Hall–Kier alpha value is -1.28. The molecule has 0 atom stereocenters. The van der Waals surface area contributed by atoms with Gasteiger partial charge in [-0.05, 0) is 24.3 Å². The van der Waals surface area contributed by atoms with Crippen molar-refractivity contribution in [1.29, 1.82) is 0 Å². The summed E-state index contributed by atoms with van der Waals surface area (Å²) in [6.45, 7) is 0. The fourth-order valence-electron chi connectivity index (χ4n) is 1.02. The van der Waals surface area contributed by atoms with E-state index in [2.05, 4.69) is 10.2 Å². The van der Waals surface area contributed by atoms with Crippen LogP contribution in [0.1, 0.15) is 10.7 Å².